The van der Waals surface area contributed by atoms with Gasteiger partial charge in [-0.15, -0.1) is 0 Å². The zero-order chi connectivity index (χ0) is 97.4. The number of anilines is 4. The Labute approximate surface area is 797 Å². The van der Waals surface area contributed by atoms with E-state index in [1.807, 2.05) is 81.8 Å². The van der Waals surface area contributed by atoms with Gasteiger partial charge in [0.05, 0.1) is 95.1 Å². The van der Waals surface area contributed by atoms with Crippen LogP contribution in [0.1, 0.15) is 158 Å². The summed E-state index contributed by atoms with van der Waals surface area (Å²) in [4.78, 5) is 150. The summed E-state index contributed by atoms with van der Waals surface area (Å²) in [5.41, 5.74) is 27.8. The lowest BCUT2D eigenvalue weighted by Gasteiger charge is -2.42. The fraction of sp³-hybridized carbons (Fsp3) is 0.571. The first-order chi connectivity index (χ1) is 66.1. The largest absolute Gasteiger partial charge is 0.459 e. The lowest BCUT2D eigenvalue weighted by molar-refractivity contribution is -0.265. The molecule has 2 bridgehead atoms. The van der Waals surface area contributed by atoms with Gasteiger partial charge in [-0.3, -0.25) is 28.8 Å². The summed E-state index contributed by atoms with van der Waals surface area (Å²) in [6.45, 7) is 17.3. The highest BCUT2D eigenvalue weighted by Gasteiger charge is 2.53. The van der Waals surface area contributed by atoms with E-state index in [0.29, 0.717) is 205 Å². The number of piperazine rings is 1. The number of hydrogen-bond donors (Lipinski definition) is 7. The van der Waals surface area contributed by atoms with E-state index >= 15 is 0 Å². The van der Waals surface area contributed by atoms with E-state index < -0.39 is 108 Å². The number of Topliss-reactive ketones (excluding diaryl/α,β-unsaturated/α-hetero) is 3. The van der Waals surface area contributed by atoms with Crippen LogP contribution in [-0.4, -0.2) is 292 Å². The molecule has 39 nitrogen and oxygen atoms in total. The van der Waals surface area contributed by atoms with Gasteiger partial charge in [0.15, 0.2) is 17.0 Å². The molecule has 2 aromatic carbocycles. The molecule has 1 aliphatic carbocycles. The number of alkyl carbamates (subject to hydrolysis) is 1. The molecule has 0 unspecified atom stereocenters. The van der Waals surface area contributed by atoms with Crippen LogP contribution in [-0.2, 0) is 102 Å². The summed E-state index contributed by atoms with van der Waals surface area (Å²) in [7, 11) is 4.43. The van der Waals surface area contributed by atoms with Crippen molar-refractivity contribution in [2.75, 3.05) is 141 Å². The van der Waals surface area contributed by atoms with Crippen LogP contribution in [0.4, 0.5) is 28.5 Å². The van der Waals surface area contributed by atoms with Crippen LogP contribution in [0.25, 0.3) is 33.4 Å². The SMILES string of the molecule is CO[C@H]1C[C@@H]2CC[C@@H](C)[C@@](O)(O2)C(=O)C(=O)N2CCCC[C@H]2C(=O)O[C@H]([C@H](N)C[C@@H]2CC[C@@H](OC(=O)NCc3cnc(N4CCN(c5ncc(C(=O)NCCOCCOCCOCCOCCC(=O)N6CCc7cc(Cn8nc(-c9ccc%10oc(N)nc%10c9)c9c(N)ncnc98)ccc7C6)cn5)CC4)nc3)[C@H](OC)C2)CC(=O)[C@H](C)/C=C(\C)[C@@H](O)[C@@H](OC)C(=O)[C@H](C)C[C@H](C)/C=C/C=C/C=C/1C. The molecule has 10 N–H and O–H groups in total. The zero-order valence-corrected chi connectivity index (χ0v) is 79.7. The first kappa shape index (κ1) is 103. The number of ketones is 3. The van der Waals surface area contributed by atoms with Gasteiger partial charge in [-0.25, -0.2) is 44.2 Å². The summed E-state index contributed by atoms with van der Waals surface area (Å²) < 4.78 is 65.9. The number of aromatic nitrogens is 9. The molecule has 1 saturated carbocycles. The van der Waals surface area contributed by atoms with Gasteiger partial charge in [0, 0.05) is 153 Å². The van der Waals surface area contributed by atoms with E-state index in [4.69, 9.17) is 74.1 Å². The van der Waals surface area contributed by atoms with Crippen LogP contribution in [0.2, 0.25) is 0 Å². The number of amides is 4. The Kier molecular flexibility index (Phi) is 36.9. The minimum Gasteiger partial charge on any atom is -0.459 e. The number of piperidine rings is 1. The molecule has 137 heavy (non-hydrogen) atoms. The Hall–Kier alpha value is -11.5. The van der Waals surface area contributed by atoms with Crippen molar-refractivity contribution in [1.29, 1.82) is 0 Å². The maximum Gasteiger partial charge on any atom is 0.407 e. The van der Waals surface area contributed by atoms with Gasteiger partial charge in [-0.2, -0.15) is 10.1 Å². The van der Waals surface area contributed by atoms with Crippen molar-refractivity contribution < 1.29 is 100 Å². The summed E-state index contributed by atoms with van der Waals surface area (Å²) in [6.07, 6.45) is 16.4. The third-order valence-electron chi connectivity index (χ3n) is 26.6. The molecule has 4 amide bonds. The smallest absolute Gasteiger partial charge is 0.407 e. The molecule has 10 heterocycles. The number of hydrogen-bond acceptors (Lipinski definition) is 34. The third kappa shape index (κ3) is 27.1. The molecule has 0 radical (unpaired) electrons. The number of methoxy groups -OCH3 is 3. The van der Waals surface area contributed by atoms with Crippen molar-refractivity contribution in [3.63, 3.8) is 0 Å². The molecule has 7 aromatic rings. The van der Waals surface area contributed by atoms with Crippen molar-refractivity contribution in [3.05, 3.63) is 143 Å². The number of esters is 1. The Bertz CT molecular complexity index is 5410. The lowest BCUT2D eigenvalue weighted by atomic mass is 9.80. The number of ether oxygens (including phenoxy) is 10. The molecule has 4 fully saturated rings. The van der Waals surface area contributed by atoms with E-state index in [2.05, 4.69) is 57.7 Å². The van der Waals surface area contributed by atoms with E-state index in [1.165, 1.54) is 38.5 Å². The fourth-order valence-electron chi connectivity index (χ4n) is 18.6. The molecule has 740 valence electrons. The standard InChI is InChI=1S/C98H132N18O21/c1-59-15-11-10-12-16-60(2)79(127-7)49-72-23-18-64(6)98(126,137-72)88(121)92(123)115-29-14-13-17-75(115)93(124)134-80(50-76(117)61(3)44-63(5)86(120)87(129-9)85(119)62(4)43-59)73(99)46-65-20-24-78(81(47-65)128-8)136-97(125)107-53-67-51-103-95(104-52-67)112-31-33-113(34-32-112)96-105-54-71(55-106-96)91(122)102-28-36-131-38-40-133-42-41-132-39-37-130-35-27-82(118)114-30-26-68-45-66(19-21-70(68)57-114)56-116-90-83(89(100)108-58-109-90)84(111-116)69-22-25-77-74(48-69)110-94(101)135-77/h10-12,15-16,19,21-22,25,44-45,48,51-52,54-55,58-59,61-62,64-65,72-73,75,78-81,86-87,120,126H,13-14,17-18,20,23-24,26-43,46-47,49-50,53,56-57,99H2,1-9H3,(H2,101,110)(H,102,122)(H,107,125)(H2,100,108,109)/b12-10+,15-11+,60-16+,63-44+/t59-,61-,62-,64-,65+,72+,73-,75+,78-,79+,80+,81-,86-,87+,98-/m1/s1. The van der Waals surface area contributed by atoms with Crippen molar-refractivity contribution >= 4 is 93.0 Å². The molecule has 13 rings (SSSR count). The number of allylic oxidation sites excluding steroid dienone is 6. The Morgan fingerprint density at radius 1 is 0.701 bits per heavy atom. The summed E-state index contributed by atoms with van der Waals surface area (Å²) in [5.74, 6) is -7.82. The normalized spacial score (nSPS) is 26.5. The molecule has 5 aliphatic heterocycles. The average molecular weight is 1900 g/mol. The number of nitrogens with zero attached hydrogens (tertiary/aromatic N) is 13. The van der Waals surface area contributed by atoms with Gasteiger partial charge in [0.2, 0.25) is 23.6 Å². The minimum atomic E-state index is -2.51. The minimum absolute atomic E-state index is 0.000948. The molecular weight excluding hydrogens is 1770 g/mol. The van der Waals surface area contributed by atoms with E-state index in [1.54, 1.807) is 59.3 Å². The second kappa shape index (κ2) is 49.2. The third-order valence-corrected chi connectivity index (χ3v) is 26.6. The Morgan fingerprint density at radius 2 is 1.41 bits per heavy atom. The van der Waals surface area contributed by atoms with Gasteiger partial charge in [0.25, 0.3) is 23.6 Å². The summed E-state index contributed by atoms with van der Waals surface area (Å²) >= 11 is 0. The molecule has 0 spiro atoms. The first-order valence-corrected chi connectivity index (χ1v) is 47.5. The summed E-state index contributed by atoms with van der Waals surface area (Å²) in [6, 6.07) is 9.64. The molecule has 3 saturated heterocycles. The van der Waals surface area contributed by atoms with E-state index in [-0.39, 0.29) is 100 Å². The maximum atomic E-state index is 14.8. The van der Waals surface area contributed by atoms with Crippen LogP contribution < -0.4 is 37.6 Å². The van der Waals surface area contributed by atoms with Crippen molar-refractivity contribution in [1.82, 2.24) is 65.1 Å². The Morgan fingerprint density at radius 3 is 2.12 bits per heavy atom. The predicted octanol–water partition coefficient (Wildman–Crippen LogP) is 7.64. The van der Waals surface area contributed by atoms with Gasteiger partial charge in [0.1, 0.15) is 59.6 Å². The van der Waals surface area contributed by atoms with Crippen molar-refractivity contribution in [3.8, 4) is 11.3 Å². The quantitative estimate of drug-likeness (QED) is 0.00983. The topological polar surface area (TPSA) is 506 Å². The molecule has 39 heteroatoms. The number of benzene rings is 2. The van der Waals surface area contributed by atoms with Gasteiger partial charge in [-0.1, -0.05) is 82.4 Å². The first-order valence-electron chi connectivity index (χ1n) is 47.5. The van der Waals surface area contributed by atoms with E-state index in [9.17, 15) is 48.6 Å². The van der Waals surface area contributed by atoms with Gasteiger partial charge in [-0.05, 0) is 142 Å². The lowest BCUT2D eigenvalue weighted by Crippen LogP contribution is -2.61. The monoisotopic (exact) mass is 1900 g/mol. The number of nitrogens with two attached hydrogens (primary N) is 3. The predicted molar refractivity (Wildman–Crippen MR) is 506 cm³/mol. The second-order valence-corrected chi connectivity index (χ2v) is 36.5. The number of fused-ring (bicyclic) bond motifs is 6. The Balaban J connectivity index is 0.493. The van der Waals surface area contributed by atoms with Crippen LogP contribution in [0.3, 0.4) is 0 Å². The number of cyclic esters (lactones) is 1. The highest BCUT2D eigenvalue weighted by atomic mass is 16.6. The van der Waals surface area contributed by atoms with E-state index in [0.717, 1.165) is 27.2 Å². The van der Waals surface area contributed by atoms with Gasteiger partial charge < -0.3 is 109 Å². The number of aliphatic hydroxyl groups is 2. The highest BCUT2D eigenvalue weighted by Crippen LogP contribution is 2.40. The van der Waals surface area contributed by atoms with Crippen LogP contribution in [0.15, 0.2) is 120 Å². The molecule has 6 aliphatic rings. The van der Waals surface area contributed by atoms with Crippen LogP contribution in [0.5, 0.6) is 0 Å². The van der Waals surface area contributed by atoms with Crippen LogP contribution >= 0.6 is 0 Å². The fourth-order valence-corrected chi connectivity index (χ4v) is 18.6. The van der Waals surface area contributed by atoms with Crippen LogP contribution in [0, 0.1) is 29.6 Å². The second-order valence-electron chi connectivity index (χ2n) is 36.5. The number of nitrogen functional groups attached to an aromatic ring is 2. The maximum absolute atomic E-state index is 14.8. The number of carbonyl (C=O) groups is 8. The number of rotatable bonds is 30. The number of oxazole rings is 1. The van der Waals surface area contributed by atoms with Gasteiger partial charge >= 0.3 is 12.1 Å². The average Bonchev–Trinajstić information content (AvgIpc) is 1.64. The number of nitrogens with one attached hydrogen (secondary N) is 2. The number of aliphatic hydroxyl groups excluding tert-OH is 1. The molecule has 5 aromatic heterocycles. The summed E-state index contributed by atoms with van der Waals surface area (Å²) in [5, 5.41) is 35.0. The molecular formula is C98H132N18O21. The van der Waals surface area contributed by atoms with Crippen molar-refractivity contribution in [2.45, 2.75) is 212 Å². The zero-order valence-electron chi connectivity index (χ0n) is 79.7. The molecule has 15 atom stereocenters. The number of carbonyl (C=O) groups excluding carboxylic acids is 8. The highest BCUT2D eigenvalue weighted by molar-refractivity contribution is 6.39. The van der Waals surface area contributed by atoms with Crippen molar-refractivity contribution in [2.24, 2.45) is 35.3 Å².